The SMILES string of the molecule is Cl.Fc1ccc([C@H](N2CCNCC2)C(F)(F)F)cc1. The Balaban J connectivity index is 0.00000180. The second-order valence-electron chi connectivity index (χ2n) is 4.28. The van der Waals surface area contributed by atoms with Crippen molar-refractivity contribution in [1.82, 2.24) is 10.2 Å². The van der Waals surface area contributed by atoms with E-state index in [9.17, 15) is 17.6 Å². The van der Waals surface area contributed by atoms with Gasteiger partial charge in [0.2, 0.25) is 0 Å². The highest BCUT2D eigenvalue weighted by atomic mass is 35.5. The molecule has 0 saturated carbocycles. The second kappa shape index (κ2) is 6.54. The molecule has 2 nitrogen and oxygen atoms in total. The number of halogens is 5. The summed E-state index contributed by atoms with van der Waals surface area (Å²) in [6, 6.07) is 2.89. The maximum Gasteiger partial charge on any atom is 0.408 e. The lowest BCUT2D eigenvalue weighted by molar-refractivity contribution is -0.187. The van der Waals surface area contributed by atoms with Crippen molar-refractivity contribution in [3.05, 3.63) is 35.6 Å². The van der Waals surface area contributed by atoms with Crippen molar-refractivity contribution in [2.75, 3.05) is 26.2 Å². The average Bonchev–Trinajstić information content (AvgIpc) is 2.32. The summed E-state index contributed by atoms with van der Waals surface area (Å²) in [5, 5.41) is 3.01. The number of benzene rings is 1. The van der Waals surface area contributed by atoms with Crippen molar-refractivity contribution < 1.29 is 17.6 Å². The molecule has 0 amide bonds. The Morgan fingerprint density at radius 3 is 2.05 bits per heavy atom. The van der Waals surface area contributed by atoms with E-state index in [0.29, 0.717) is 26.2 Å². The van der Waals surface area contributed by atoms with Gasteiger partial charge in [-0.1, -0.05) is 12.1 Å². The Labute approximate surface area is 115 Å². The molecule has 108 valence electrons. The van der Waals surface area contributed by atoms with Crippen LogP contribution in [0.4, 0.5) is 17.6 Å². The van der Waals surface area contributed by atoms with Crippen molar-refractivity contribution in [1.29, 1.82) is 0 Å². The quantitative estimate of drug-likeness (QED) is 0.845. The van der Waals surface area contributed by atoms with E-state index in [1.54, 1.807) is 0 Å². The molecule has 7 heteroatoms. The first kappa shape index (κ1) is 16.2. The third-order valence-electron chi connectivity index (χ3n) is 3.01. The molecule has 0 bridgehead atoms. The zero-order valence-electron chi connectivity index (χ0n) is 10.1. The van der Waals surface area contributed by atoms with Crippen LogP contribution < -0.4 is 5.32 Å². The van der Waals surface area contributed by atoms with E-state index in [1.807, 2.05) is 0 Å². The van der Waals surface area contributed by atoms with E-state index < -0.39 is 18.0 Å². The molecule has 0 unspecified atom stereocenters. The van der Waals surface area contributed by atoms with E-state index >= 15 is 0 Å². The van der Waals surface area contributed by atoms with E-state index in [-0.39, 0.29) is 18.0 Å². The van der Waals surface area contributed by atoms with Gasteiger partial charge in [-0.15, -0.1) is 12.4 Å². The third kappa shape index (κ3) is 4.06. The summed E-state index contributed by atoms with van der Waals surface area (Å²) in [7, 11) is 0. The van der Waals surface area contributed by atoms with Crippen LogP contribution in [-0.4, -0.2) is 37.3 Å². The van der Waals surface area contributed by atoms with Gasteiger partial charge in [0.05, 0.1) is 0 Å². The van der Waals surface area contributed by atoms with Gasteiger partial charge in [-0.3, -0.25) is 4.90 Å². The summed E-state index contributed by atoms with van der Waals surface area (Å²) < 4.78 is 52.2. The molecule has 2 rings (SSSR count). The molecule has 0 aromatic heterocycles. The minimum atomic E-state index is -4.35. The second-order valence-corrected chi connectivity index (χ2v) is 4.28. The minimum Gasteiger partial charge on any atom is -0.314 e. The van der Waals surface area contributed by atoms with Gasteiger partial charge in [-0.25, -0.2) is 4.39 Å². The Bertz CT molecular complexity index is 388. The van der Waals surface area contributed by atoms with Crippen molar-refractivity contribution in [2.24, 2.45) is 0 Å². The van der Waals surface area contributed by atoms with E-state index in [1.165, 1.54) is 17.0 Å². The predicted molar refractivity (Wildman–Crippen MR) is 66.9 cm³/mol. The Hall–Kier alpha value is -0.850. The highest BCUT2D eigenvalue weighted by Gasteiger charge is 2.44. The highest BCUT2D eigenvalue weighted by molar-refractivity contribution is 5.85. The van der Waals surface area contributed by atoms with Gasteiger partial charge in [0, 0.05) is 26.2 Å². The predicted octanol–water partition coefficient (Wildman–Crippen LogP) is 2.76. The molecule has 1 aromatic carbocycles. The largest absolute Gasteiger partial charge is 0.408 e. The summed E-state index contributed by atoms with van der Waals surface area (Å²) in [5.74, 6) is -0.528. The lowest BCUT2D eigenvalue weighted by Crippen LogP contribution is -2.49. The van der Waals surface area contributed by atoms with Crippen molar-refractivity contribution >= 4 is 12.4 Å². The monoisotopic (exact) mass is 298 g/mol. The molecular weight excluding hydrogens is 284 g/mol. The zero-order valence-corrected chi connectivity index (χ0v) is 10.9. The fourth-order valence-electron chi connectivity index (χ4n) is 2.19. The number of alkyl halides is 3. The molecule has 1 aromatic rings. The first-order valence-electron chi connectivity index (χ1n) is 5.75. The molecule has 0 spiro atoms. The van der Waals surface area contributed by atoms with Crippen LogP contribution in [0.15, 0.2) is 24.3 Å². The molecule has 0 radical (unpaired) electrons. The standard InChI is InChI=1S/C12H14F4N2.ClH/c13-10-3-1-9(2-4-10)11(12(14,15)16)18-7-5-17-6-8-18;/h1-4,11,17H,5-8H2;1H/t11-;/m0./s1. The highest BCUT2D eigenvalue weighted by Crippen LogP contribution is 2.37. The third-order valence-corrected chi connectivity index (χ3v) is 3.01. The summed E-state index contributed by atoms with van der Waals surface area (Å²) in [5.41, 5.74) is 0.0887. The molecule has 0 aliphatic carbocycles. The number of nitrogens with one attached hydrogen (secondary N) is 1. The minimum absolute atomic E-state index is 0. The fourth-order valence-corrected chi connectivity index (χ4v) is 2.19. The first-order valence-corrected chi connectivity index (χ1v) is 5.75. The molecule has 1 heterocycles. The van der Waals surface area contributed by atoms with Crippen LogP contribution in [0, 0.1) is 5.82 Å². The molecule has 1 aliphatic rings. The Morgan fingerprint density at radius 2 is 1.58 bits per heavy atom. The molecular formula is C12H15ClF4N2. The van der Waals surface area contributed by atoms with Crippen LogP contribution >= 0.6 is 12.4 Å². The van der Waals surface area contributed by atoms with Crippen LogP contribution in [0.5, 0.6) is 0 Å². The fraction of sp³-hybridized carbons (Fsp3) is 0.500. The number of nitrogens with zero attached hydrogens (tertiary/aromatic N) is 1. The normalized spacial score (nSPS) is 18.7. The lowest BCUT2D eigenvalue weighted by atomic mass is 10.0. The van der Waals surface area contributed by atoms with Gasteiger partial charge in [-0.2, -0.15) is 13.2 Å². The summed E-state index contributed by atoms with van der Waals surface area (Å²) >= 11 is 0. The topological polar surface area (TPSA) is 15.3 Å². The van der Waals surface area contributed by atoms with Crippen LogP contribution in [0.25, 0.3) is 0 Å². The van der Waals surface area contributed by atoms with Gasteiger partial charge in [-0.05, 0) is 17.7 Å². The maximum absolute atomic E-state index is 13.1. The molecule has 1 atom stereocenters. The molecule has 19 heavy (non-hydrogen) atoms. The van der Waals surface area contributed by atoms with Gasteiger partial charge in [0.1, 0.15) is 11.9 Å². The van der Waals surface area contributed by atoms with Gasteiger partial charge in [0.15, 0.2) is 0 Å². The summed E-state index contributed by atoms with van der Waals surface area (Å²) in [6.45, 7) is 1.74. The number of piperazine rings is 1. The first-order chi connectivity index (χ1) is 8.48. The Morgan fingerprint density at radius 1 is 1.05 bits per heavy atom. The van der Waals surface area contributed by atoms with Crippen LogP contribution in [0.1, 0.15) is 11.6 Å². The van der Waals surface area contributed by atoms with Gasteiger partial charge in [0.25, 0.3) is 0 Å². The van der Waals surface area contributed by atoms with Crippen molar-refractivity contribution in [3.63, 3.8) is 0 Å². The molecule has 1 saturated heterocycles. The number of hydrogen-bond donors (Lipinski definition) is 1. The molecule has 1 aliphatic heterocycles. The molecule has 1 fully saturated rings. The van der Waals surface area contributed by atoms with Gasteiger partial charge >= 0.3 is 6.18 Å². The maximum atomic E-state index is 13.1. The summed E-state index contributed by atoms with van der Waals surface area (Å²) in [4.78, 5) is 1.38. The smallest absolute Gasteiger partial charge is 0.314 e. The number of hydrogen-bond acceptors (Lipinski definition) is 2. The number of rotatable bonds is 2. The van der Waals surface area contributed by atoms with E-state index in [4.69, 9.17) is 0 Å². The van der Waals surface area contributed by atoms with E-state index in [2.05, 4.69) is 5.32 Å². The summed E-state index contributed by atoms with van der Waals surface area (Å²) in [6.07, 6.45) is -4.35. The zero-order chi connectivity index (χ0) is 13.2. The molecule has 1 N–H and O–H groups in total. The average molecular weight is 299 g/mol. The lowest BCUT2D eigenvalue weighted by Gasteiger charge is -2.36. The Kier molecular flexibility index (Phi) is 5.58. The van der Waals surface area contributed by atoms with Crippen LogP contribution in [-0.2, 0) is 0 Å². The van der Waals surface area contributed by atoms with Crippen LogP contribution in [0.2, 0.25) is 0 Å². The van der Waals surface area contributed by atoms with Crippen molar-refractivity contribution in [3.8, 4) is 0 Å². The van der Waals surface area contributed by atoms with Crippen molar-refractivity contribution in [2.45, 2.75) is 12.2 Å². The van der Waals surface area contributed by atoms with Crippen LogP contribution in [0.3, 0.4) is 0 Å². The van der Waals surface area contributed by atoms with E-state index in [0.717, 1.165) is 12.1 Å². The van der Waals surface area contributed by atoms with Gasteiger partial charge < -0.3 is 5.32 Å².